The van der Waals surface area contributed by atoms with Crippen LogP contribution in [0.5, 0.6) is 11.5 Å². The first-order valence-corrected chi connectivity index (χ1v) is 14.3. The number of ether oxygens (including phenoxy) is 2. The molecule has 1 fully saturated rings. The summed E-state index contributed by atoms with van der Waals surface area (Å²) in [5, 5.41) is 10.3. The first kappa shape index (κ1) is 29.7. The lowest BCUT2D eigenvalue weighted by molar-refractivity contribution is 0.0727. The van der Waals surface area contributed by atoms with Crippen molar-refractivity contribution in [3.63, 3.8) is 0 Å². The van der Waals surface area contributed by atoms with Gasteiger partial charge in [-0.3, -0.25) is 0 Å². The van der Waals surface area contributed by atoms with Gasteiger partial charge in [0, 0.05) is 0 Å². The zero-order chi connectivity index (χ0) is 28.5. The molecule has 3 aromatic carbocycles. The molecule has 3 aromatic rings. The van der Waals surface area contributed by atoms with E-state index in [2.05, 4.69) is 13.5 Å². The number of hydrogen-bond acceptors (Lipinski definition) is 3. The van der Waals surface area contributed by atoms with Crippen LogP contribution in [0.1, 0.15) is 75.3 Å². The molecule has 0 spiro atoms. The second-order valence-corrected chi connectivity index (χ2v) is 10.7. The summed E-state index contributed by atoms with van der Waals surface area (Å²) in [5.74, 6) is -1.96. The largest absolute Gasteiger partial charge is 0.491 e. The minimum Gasteiger partial charge on any atom is -0.491 e. The fourth-order valence-electron chi connectivity index (χ4n) is 5.48. The summed E-state index contributed by atoms with van der Waals surface area (Å²) in [6.07, 6.45) is 7.93. The van der Waals surface area contributed by atoms with E-state index in [0.717, 1.165) is 62.5 Å². The molecule has 1 atom stereocenters. The Labute approximate surface area is 235 Å². The van der Waals surface area contributed by atoms with Gasteiger partial charge in [0.05, 0.1) is 12.7 Å². The second-order valence-electron chi connectivity index (χ2n) is 10.7. The smallest absolute Gasteiger partial charge is 0.200 e. The Balaban J connectivity index is 1.33. The number of aliphatic hydroxyl groups is 1. The fraction of sp³-hybridized carbons (Fsp3) is 0.412. The van der Waals surface area contributed by atoms with E-state index in [4.69, 9.17) is 9.47 Å². The van der Waals surface area contributed by atoms with Crippen LogP contribution in [0.3, 0.4) is 0 Å². The van der Waals surface area contributed by atoms with Gasteiger partial charge in [0.25, 0.3) is 0 Å². The fourth-order valence-corrected chi connectivity index (χ4v) is 5.48. The van der Waals surface area contributed by atoms with Gasteiger partial charge in [-0.05, 0) is 97.2 Å². The van der Waals surface area contributed by atoms with E-state index < -0.39 is 17.5 Å². The van der Waals surface area contributed by atoms with E-state index in [-0.39, 0.29) is 36.0 Å². The molecule has 1 aliphatic rings. The van der Waals surface area contributed by atoms with E-state index in [0.29, 0.717) is 17.7 Å². The van der Waals surface area contributed by atoms with Crippen LogP contribution >= 0.6 is 0 Å². The maximum Gasteiger partial charge on any atom is 0.200 e. The molecule has 0 radical (unpaired) electrons. The SMILES string of the molecule is C=CCCCOc1ccc(-c2ccc(COc3ccc(C4CCC(C(O)CCC)CC4)c(F)c3F)cc2)cc1F. The highest BCUT2D eigenvalue weighted by atomic mass is 19.2. The van der Waals surface area contributed by atoms with Crippen molar-refractivity contribution >= 4 is 0 Å². The zero-order valence-electron chi connectivity index (χ0n) is 23.2. The summed E-state index contributed by atoms with van der Waals surface area (Å²) in [5.41, 5.74) is 2.69. The lowest BCUT2D eigenvalue weighted by Crippen LogP contribution is -2.25. The molecule has 0 aliphatic heterocycles. The molecule has 1 aliphatic carbocycles. The van der Waals surface area contributed by atoms with Crippen LogP contribution in [0.4, 0.5) is 13.2 Å². The molecule has 0 bridgehead atoms. The lowest BCUT2D eigenvalue weighted by Gasteiger charge is -2.32. The first-order valence-electron chi connectivity index (χ1n) is 14.3. The maximum absolute atomic E-state index is 15.0. The highest BCUT2D eigenvalue weighted by Gasteiger charge is 2.29. The number of unbranched alkanes of at least 4 members (excludes halogenated alkanes) is 1. The highest BCUT2D eigenvalue weighted by molar-refractivity contribution is 5.64. The van der Waals surface area contributed by atoms with Crippen molar-refractivity contribution in [1.29, 1.82) is 0 Å². The van der Waals surface area contributed by atoms with Crippen LogP contribution < -0.4 is 9.47 Å². The molecule has 40 heavy (non-hydrogen) atoms. The van der Waals surface area contributed by atoms with Crippen molar-refractivity contribution < 1.29 is 27.8 Å². The number of halogens is 3. The molecule has 1 saturated carbocycles. The summed E-state index contributed by atoms with van der Waals surface area (Å²) < 4.78 is 55.5. The molecule has 1 unspecified atom stereocenters. The van der Waals surface area contributed by atoms with Gasteiger partial charge < -0.3 is 14.6 Å². The average Bonchev–Trinajstić information content (AvgIpc) is 2.97. The Bertz CT molecular complexity index is 1250. The minimum atomic E-state index is -0.968. The number of rotatable bonds is 13. The van der Waals surface area contributed by atoms with E-state index >= 15 is 4.39 Å². The summed E-state index contributed by atoms with van der Waals surface area (Å²) in [4.78, 5) is 0. The third-order valence-electron chi connectivity index (χ3n) is 7.84. The summed E-state index contributed by atoms with van der Waals surface area (Å²) >= 11 is 0. The van der Waals surface area contributed by atoms with E-state index in [1.54, 1.807) is 24.3 Å². The number of aliphatic hydroxyl groups excluding tert-OH is 1. The molecule has 0 saturated heterocycles. The van der Waals surface area contributed by atoms with Crippen molar-refractivity contribution in [3.05, 3.63) is 95.8 Å². The van der Waals surface area contributed by atoms with Crippen molar-refractivity contribution in [2.24, 2.45) is 5.92 Å². The van der Waals surface area contributed by atoms with Crippen LogP contribution in [0.15, 0.2) is 67.3 Å². The molecule has 0 aromatic heterocycles. The van der Waals surface area contributed by atoms with Gasteiger partial charge in [-0.1, -0.05) is 55.8 Å². The molecule has 0 heterocycles. The number of hydrogen-bond donors (Lipinski definition) is 1. The summed E-state index contributed by atoms with van der Waals surface area (Å²) in [6, 6.07) is 15.3. The van der Waals surface area contributed by atoms with Gasteiger partial charge in [0.15, 0.2) is 23.1 Å². The van der Waals surface area contributed by atoms with Gasteiger partial charge in [-0.25, -0.2) is 8.78 Å². The number of allylic oxidation sites excluding steroid dienone is 1. The van der Waals surface area contributed by atoms with Gasteiger partial charge >= 0.3 is 0 Å². The monoisotopic (exact) mass is 552 g/mol. The van der Waals surface area contributed by atoms with E-state index in [9.17, 15) is 13.9 Å². The second kappa shape index (κ2) is 14.4. The van der Waals surface area contributed by atoms with Gasteiger partial charge in [-0.2, -0.15) is 4.39 Å². The van der Waals surface area contributed by atoms with Crippen LogP contribution in [0.2, 0.25) is 0 Å². The van der Waals surface area contributed by atoms with Crippen molar-refractivity contribution in [2.75, 3.05) is 6.61 Å². The Morgan fingerprint density at radius 3 is 2.27 bits per heavy atom. The molecule has 4 rings (SSSR count). The standard InChI is InChI=1S/C34H39F3O3/c1-3-5-6-20-39-31-18-16-27(21-29(31)35)24-10-8-23(9-11-24)22-40-32-19-17-28(33(36)34(32)37)25-12-14-26(15-13-25)30(38)7-4-2/h3,8-11,16-19,21,25-26,30,38H,1,4-7,12-15,20,22H2,2H3. The third-order valence-corrected chi connectivity index (χ3v) is 7.84. The summed E-state index contributed by atoms with van der Waals surface area (Å²) in [7, 11) is 0. The van der Waals surface area contributed by atoms with E-state index in [1.165, 1.54) is 12.1 Å². The first-order chi connectivity index (χ1) is 19.4. The molecular weight excluding hydrogens is 513 g/mol. The van der Waals surface area contributed by atoms with Crippen LogP contribution in [0, 0.1) is 23.4 Å². The van der Waals surface area contributed by atoms with Crippen molar-refractivity contribution in [3.8, 4) is 22.6 Å². The third kappa shape index (κ3) is 7.48. The Morgan fingerprint density at radius 2 is 1.60 bits per heavy atom. The predicted octanol–water partition coefficient (Wildman–Crippen LogP) is 9.13. The van der Waals surface area contributed by atoms with Gasteiger partial charge in [0.1, 0.15) is 6.61 Å². The molecule has 1 N–H and O–H groups in total. The van der Waals surface area contributed by atoms with E-state index in [1.807, 2.05) is 24.3 Å². The Morgan fingerprint density at radius 1 is 0.900 bits per heavy atom. The van der Waals surface area contributed by atoms with Gasteiger partial charge in [-0.15, -0.1) is 6.58 Å². The molecule has 0 amide bonds. The highest BCUT2D eigenvalue weighted by Crippen LogP contribution is 2.40. The Kier molecular flexibility index (Phi) is 10.7. The average molecular weight is 553 g/mol. The Hall–Kier alpha value is -3.25. The minimum absolute atomic E-state index is 0.0519. The quantitative estimate of drug-likeness (QED) is 0.170. The number of benzene rings is 3. The topological polar surface area (TPSA) is 38.7 Å². The molecule has 6 heteroatoms. The lowest BCUT2D eigenvalue weighted by atomic mass is 9.76. The summed E-state index contributed by atoms with van der Waals surface area (Å²) in [6.45, 7) is 6.21. The molecule has 214 valence electrons. The predicted molar refractivity (Wildman–Crippen MR) is 153 cm³/mol. The normalized spacial score (nSPS) is 17.8. The van der Waals surface area contributed by atoms with Crippen LogP contribution in [-0.4, -0.2) is 17.8 Å². The molecule has 3 nitrogen and oxygen atoms in total. The zero-order valence-corrected chi connectivity index (χ0v) is 23.2. The van der Waals surface area contributed by atoms with Crippen LogP contribution in [0.25, 0.3) is 11.1 Å². The van der Waals surface area contributed by atoms with Gasteiger partial charge in [0.2, 0.25) is 5.82 Å². The van der Waals surface area contributed by atoms with Crippen molar-refractivity contribution in [2.45, 2.75) is 76.9 Å². The van der Waals surface area contributed by atoms with Crippen LogP contribution in [-0.2, 0) is 6.61 Å². The van der Waals surface area contributed by atoms with Crippen molar-refractivity contribution in [1.82, 2.24) is 0 Å². The maximum atomic E-state index is 15.0. The molecular formula is C34H39F3O3.